The molecule has 0 aromatic rings. The topological polar surface area (TPSA) is 26.3 Å². The summed E-state index contributed by atoms with van der Waals surface area (Å²) in [7, 11) is 1.55. The predicted molar refractivity (Wildman–Crippen MR) is 138 cm³/mol. The monoisotopic (exact) mass is 452 g/mol. The van der Waals surface area contributed by atoms with Gasteiger partial charge in [0.1, 0.15) is 0 Å². The largest absolute Gasteiger partial charge is 0.468 e. The van der Waals surface area contributed by atoms with E-state index in [0.29, 0.717) is 22.7 Å². The molecule has 0 bridgehead atoms. The normalized spacial score (nSPS) is 45.5. The van der Waals surface area contributed by atoms with Gasteiger partial charge < -0.3 is 4.74 Å². The van der Waals surface area contributed by atoms with Crippen LogP contribution >= 0.6 is 0 Å². The number of rotatable bonds is 4. The zero-order valence-electron chi connectivity index (χ0n) is 22.6. The van der Waals surface area contributed by atoms with Crippen LogP contribution in [-0.4, -0.2) is 13.1 Å². The van der Waals surface area contributed by atoms with Gasteiger partial charge in [0.2, 0.25) is 0 Å². The average molecular weight is 453 g/mol. The molecule has 4 aliphatic rings. The first-order valence-corrected chi connectivity index (χ1v) is 13.5. The first kappa shape index (κ1) is 24.8. The van der Waals surface area contributed by atoms with Crippen LogP contribution in [0.2, 0.25) is 0 Å². The van der Waals surface area contributed by atoms with Crippen LogP contribution in [0.3, 0.4) is 0 Å². The van der Waals surface area contributed by atoms with Crippen LogP contribution in [0, 0.1) is 39.4 Å². The van der Waals surface area contributed by atoms with Crippen molar-refractivity contribution in [1.29, 1.82) is 0 Å². The molecular formula is C31H48O2. The average Bonchev–Trinajstić information content (AvgIpc) is 3.11. The van der Waals surface area contributed by atoms with Crippen molar-refractivity contribution in [1.82, 2.24) is 0 Å². The Labute approximate surface area is 203 Å². The molecule has 0 heterocycles. The molecule has 0 saturated heterocycles. The van der Waals surface area contributed by atoms with Gasteiger partial charge in [-0.25, -0.2) is 0 Å². The minimum Gasteiger partial charge on any atom is -0.468 e. The molecule has 7 atom stereocenters. The first-order valence-electron chi connectivity index (χ1n) is 13.5. The van der Waals surface area contributed by atoms with Crippen molar-refractivity contribution in [2.24, 2.45) is 39.4 Å². The molecule has 184 valence electrons. The zero-order chi connectivity index (χ0) is 24.2. The highest BCUT2D eigenvalue weighted by atomic mass is 16.5. The van der Waals surface area contributed by atoms with E-state index in [9.17, 15) is 4.79 Å². The molecule has 0 aromatic heterocycles. The molecule has 4 rings (SSSR count). The Kier molecular flexibility index (Phi) is 6.33. The molecule has 0 radical (unpaired) electrons. The molecule has 3 fully saturated rings. The molecule has 2 nitrogen and oxygen atoms in total. The van der Waals surface area contributed by atoms with Gasteiger partial charge in [0, 0.05) is 0 Å². The van der Waals surface area contributed by atoms with Gasteiger partial charge in [-0.3, -0.25) is 4.79 Å². The quantitative estimate of drug-likeness (QED) is 0.316. The summed E-state index contributed by atoms with van der Waals surface area (Å²) in [5.41, 5.74) is 5.30. The van der Waals surface area contributed by atoms with E-state index in [1.807, 2.05) is 0 Å². The number of ether oxygens (including phenoxy) is 1. The Morgan fingerprint density at radius 1 is 1.03 bits per heavy atom. The van der Waals surface area contributed by atoms with E-state index >= 15 is 0 Å². The minimum absolute atomic E-state index is 0.0451. The second kappa shape index (κ2) is 8.42. The standard InChI is InChI=1S/C31H48O2/c1-21(2)11-9-12-22(3)23-15-19-30(6)24(23)13-14-26-28(4)17-10-18-29(5,27(32)33-8)25(28)16-20-31(26,30)7/h10-11,18,24-26H,9,12-17,19-20H2,1-8H3/b23-22-/t24?,25?,26?,28-,29-,30-,31-/m0/s1. The number of methoxy groups -OCH3 is 1. The van der Waals surface area contributed by atoms with E-state index in [4.69, 9.17) is 4.74 Å². The summed E-state index contributed by atoms with van der Waals surface area (Å²) in [6.07, 6.45) is 18.0. The number of hydrogen-bond donors (Lipinski definition) is 0. The lowest BCUT2D eigenvalue weighted by atomic mass is 9.36. The van der Waals surface area contributed by atoms with Gasteiger partial charge in [-0.2, -0.15) is 0 Å². The SMILES string of the molecule is COC(=O)[C@@]1(C)C=CC[C@]2(C)C3CCC4/C(=C(/C)CCC=C(C)C)CC[C@]4(C)[C@@]3(C)CCC21. The third-order valence-electron chi connectivity index (χ3n) is 11.5. The summed E-state index contributed by atoms with van der Waals surface area (Å²) in [4.78, 5) is 12.9. The lowest BCUT2D eigenvalue weighted by molar-refractivity contribution is -0.192. The van der Waals surface area contributed by atoms with Gasteiger partial charge in [0.15, 0.2) is 0 Å². The van der Waals surface area contributed by atoms with Crippen molar-refractivity contribution in [3.63, 3.8) is 0 Å². The van der Waals surface area contributed by atoms with E-state index in [1.165, 1.54) is 50.5 Å². The molecule has 4 aliphatic carbocycles. The number of carbonyl (C=O) groups excluding carboxylic acids is 1. The van der Waals surface area contributed by atoms with Gasteiger partial charge in [0.05, 0.1) is 12.5 Å². The highest BCUT2D eigenvalue weighted by Crippen LogP contribution is 2.74. The third-order valence-corrected chi connectivity index (χ3v) is 11.5. The summed E-state index contributed by atoms with van der Waals surface area (Å²) in [5.74, 6) is 1.75. The van der Waals surface area contributed by atoms with Crippen molar-refractivity contribution in [2.75, 3.05) is 7.11 Å². The lowest BCUT2D eigenvalue weighted by Crippen LogP contribution is -2.62. The van der Waals surface area contributed by atoms with Crippen LogP contribution in [0.25, 0.3) is 0 Å². The van der Waals surface area contributed by atoms with E-state index < -0.39 is 5.41 Å². The van der Waals surface area contributed by atoms with E-state index in [1.54, 1.807) is 18.3 Å². The summed E-state index contributed by atoms with van der Waals surface area (Å²) < 4.78 is 5.32. The van der Waals surface area contributed by atoms with Crippen LogP contribution in [0.4, 0.5) is 0 Å². The van der Waals surface area contributed by atoms with E-state index in [0.717, 1.165) is 18.8 Å². The highest BCUT2D eigenvalue weighted by molar-refractivity contribution is 5.79. The Morgan fingerprint density at radius 3 is 2.42 bits per heavy atom. The number of esters is 1. The van der Waals surface area contributed by atoms with Crippen LogP contribution in [0.1, 0.15) is 106 Å². The van der Waals surface area contributed by atoms with Gasteiger partial charge >= 0.3 is 5.97 Å². The molecule has 0 aliphatic heterocycles. The highest BCUT2D eigenvalue weighted by Gasteiger charge is 2.68. The zero-order valence-corrected chi connectivity index (χ0v) is 22.6. The Balaban J connectivity index is 1.66. The van der Waals surface area contributed by atoms with Crippen LogP contribution < -0.4 is 0 Å². The van der Waals surface area contributed by atoms with Gasteiger partial charge in [0.25, 0.3) is 0 Å². The maximum Gasteiger partial charge on any atom is 0.315 e. The maximum atomic E-state index is 12.9. The summed E-state index contributed by atoms with van der Waals surface area (Å²) >= 11 is 0. The van der Waals surface area contributed by atoms with Crippen molar-refractivity contribution < 1.29 is 9.53 Å². The maximum absolute atomic E-state index is 12.9. The van der Waals surface area contributed by atoms with E-state index in [-0.39, 0.29) is 11.4 Å². The molecule has 0 aromatic carbocycles. The van der Waals surface area contributed by atoms with Crippen LogP contribution in [0.5, 0.6) is 0 Å². The molecule has 33 heavy (non-hydrogen) atoms. The van der Waals surface area contributed by atoms with E-state index in [2.05, 4.69) is 66.7 Å². The Morgan fingerprint density at radius 2 is 1.76 bits per heavy atom. The fourth-order valence-electron chi connectivity index (χ4n) is 9.51. The minimum atomic E-state index is -0.483. The molecule has 2 heteroatoms. The second-order valence-electron chi connectivity index (χ2n) is 13.1. The Bertz CT molecular complexity index is 889. The van der Waals surface area contributed by atoms with Crippen molar-refractivity contribution in [2.45, 2.75) is 106 Å². The number of carbonyl (C=O) groups is 1. The van der Waals surface area contributed by atoms with Gasteiger partial charge in [-0.15, -0.1) is 0 Å². The molecule has 3 saturated carbocycles. The third kappa shape index (κ3) is 3.52. The number of allylic oxidation sites excluding steroid dienone is 5. The van der Waals surface area contributed by atoms with Crippen molar-refractivity contribution in [3.05, 3.63) is 34.9 Å². The predicted octanol–water partition coefficient (Wildman–Crippen LogP) is 8.44. The molecule has 3 unspecified atom stereocenters. The second-order valence-corrected chi connectivity index (χ2v) is 13.1. The number of hydrogen-bond acceptors (Lipinski definition) is 2. The molecule has 0 amide bonds. The molecule has 0 N–H and O–H groups in total. The molecular weight excluding hydrogens is 404 g/mol. The summed E-state index contributed by atoms with van der Waals surface area (Å²) in [6.45, 7) is 16.8. The fourth-order valence-corrected chi connectivity index (χ4v) is 9.51. The van der Waals surface area contributed by atoms with Crippen LogP contribution in [0.15, 0.2) is 34.9 Å². The van der Waals surface area contributed by atoms with Gasteiger partial charge in [-0.05, 0) is 119 Å². The van der Waals surface area contributed by atoms with Crippen molar-refractivity contribution >= 4 is 5.97 Å². The first-order chi connectivity index (χ1) is 15.4. The summed E-state index contributed by atoms with van der Waals surface area (Å²) in [5, 5.41) is 0. The van der Waals surface area contributed by atoms with Crippen molar-refractivity contribution in [3.8, 4) is 0 Å². The van der Waals surface area contributed by atoms with Crippen LogP contribution in [-0.2, 0) is 9.53 Å². The smallest absolute Gasteiger partial charge is 0.315 e. The molecule has 0 spiro atoms. The lowest BCUT2D eigenvalue weighted by Gasteiger charge is -2.68. The summed E-state index contributed by atoms with van der Waals surface area (Å²) in [6, 6.07) is 0. The fraction of sp³-hybridized carbons (Fsp3) is 0.774. The number of fused-ring (bicyclic) bond motifs is 5. The van der Waals surface area contributed by atoms with Gasteiger partial charge in [-0.1, -0.05) is 55.7 Å². The Hall–Kier alpha value is -1.31.